The topological polar surface area (TPSA) is 49.8 Å². The van der Waals surface area contributed by atoms with Crippen LogP contribution in [0.4, 0.5) is 4.79 Å². The Bertz CT molecular complexity index is 284. The summed E-state index contributed by atoms with van der Waals surface area (Å²) >= 11 is 0. The highest BCUT2D eigenvalue weighted by Gasteiger charge is 2.43. The van der Waals surface area contributed by atoms with Crippen molar-refractivity contribution in [3.05, 3.63) is 0 Å². The first kappa shape index (κ1) is 11.7. The van der Waals surface area contributed by atoms with Gasteiger partial charge in [-0.3, -0.25) is 0 Å². The number of fused-ring (bicyclic) bond motifs is 2. The Hall–Kier alpha value is -0.770. The van der Waals surface area contributed by atoms with Crippen molar-refractivity contribution >= 4 is 6.09 Å². The molecule has 3 unspecified atom stereocenters. The highest BCUT2D eigenvalue weighted by Crippen LogP contribution is 2.36. The Morgan fingerprint density at radius 1 is 1.38 bits per heavy atom. The van der Waals surface area contributed by atoms with Gasteiger partial charge in [0, 0.05) is 18.5 Å². The van der Waals surface area contributed by atoms with Gasteiger partial charge < -0.3 is 14.7 Å². The van der Waals surface area contributed by atoms with E-state index in [1.807, 2.05) is 20.8 Å². The van der Waals surface area contributed by atoms with Crippen LogP contribution in [0, 0.1) is 5.92 Å². The molecule has 1 aliphatic heterocycles. The monoisotopic (exact) mass is 227 g/mol. The van der Waals surface area contributed by atoms with Crippen molar-refractivity contribution in [1.29, 1.82) is 0 Å². The second-order valence-corrected chi connectivity index (χ2v) is 5.93. The molecule has 4 nitrogen and oxygen atoms in total. The molecular formula is C12H21NO3. The zero-order valence-electron chi connectivity index (χ0n) is 10.3. The smallest absolute Gasteiger partial charge is 0.410 e. The standard InChI is InChI=1S/C12H21NO3/c1-12(2,3)16-11(15)13-7-8-6-9(13)4-5-10(8)14/h8-10,14H,4-7H2,1-3H3. The third-order valence-corrected chi connectivity index (χ3v) is 3.41. The maximum atomic E-state index is 11.9. The molecule has 2 aliphatic rings. The number of amides is 1. The molecule has 1 amide bonds. The Morgan fingerprint density at radius 3 is 2.62 bits per heavy atom. The lowest BCUT2D eigenvalue weighted by Crippen LogP contribution is -2.39. The third kappa shape index (κ3) is 2.32. The third-order valence-electron chi connectivity index (χ3n) is 3.41. The van der Waals surface area contributed by atoms with E-state index in [-0.39, 0.29) is 24.2 Å². The molecule has 1 heterocycles. The summed E-state index contributed by atoms with van der Waals surface area (Å²) in [5, 5.41) is 9.75. The summed E-state index contributed by atoms with van der Waals surface area (Å²) in [6.45, 7) is 6.28. The molecule has 0 spiro atoms. The van der Waals surface area contributed by atoms with Gasteiger partial charge in [0.1, 0.15) is 5.60 Å². The molecule has 1 aliphatic carbocycles. The minimum atomic E-state index is -0.438. The molecule has 2 rings (SSSR count). The fraction of sp³-hybridized carbons (Fsp3) is 0.917. The average Bonchev–Trinajstić information content (AvgIpc) is 2.49. The number of likely N-dealkylation sites (tertiary alicyclic amines) is 1. The number of ether oxygens (including phenoxy) is 1. The Morgan fingerprint density at radius 2 is 2.06 bits per heavy atom. The molecule has 0 radical (unpaired) electrons. The summed E-state index contributed by atoms with van der Waals surface area (Å²) < 4.78 is 5.37. The van der Waals surface area contributed by atoms with Crippen LogP contribution in [0.2, 0.25) is 0 Å². The van der Waals surface area contributed by atoms with E-state index < -0.39 is 5.60 Å². The highest BCUT2D eigenvalue weighted by atomic mass is 16.6. The van der Waals surface area contributed by atoms with Crippen LogP contribution < -0.4 is 0 Å². The Kier molecular flexibility index (Phi) is 2.86. The van der Waals surface area contributed by atoms with Gasteiger partial charge in [-0.05, 0) is 40.0 Å². The Labute approximate surface area is 96.6 Å². The number of hydrogen-bond acceptors (Lipinski definition) is 3. The fourth-order valence-corrected chi connectivity index (χ4v) is 2.65. The van der Waals surface area contributed by atoms with Crippen LogP contribution in [-0.4, -0.2) is 40.4 Å². The van der Waals surface area contributed by atoms with Crippen LogP contribution in [0.3, 0.4) is 0 Å². The molecule has 2 fully saturated rings. The molecule has 4 heteroatoms. The predicted molar refractivity (Wildman–Crippen MR) is 60.1 cm³/mol. The molecule has 0 aromatic heterocycles. The lowest BCUT2D eigenvalue weighted by atomic mass is 9.88. The number of aliphatic hydroxyl groups excluding tert-OH is 1. The lowest BCUT2D eigenvalue weighted by Gasteiger charge is -2.28. The molecule has 1 N–H and O–H groups in total. The first-order chi connectivity index (χ1) is 7.37. The Balaban J connectivity index is 1.99. The van der Waals surface area contributed by atoms with Gasteiger partial charge in [0.15, 0.2) is 0 Å². The van der Waals surface area contributed by atoms with Crippen LogP contribution in [0.5, 0.6) is 0 Å². The normalized spacial score (nSPS) is 34.0. The van der Waals surface area contributed by atoms with Crippen LogP contribution in [-0.2, 0) is 4.74 Å². The number of rotatable bonds is 0. The van der Waals surface area contributed by atoms with E-state index in [9.17, 15) is 9.90 Å². The van der Waals surface area contributed by atoms with Crippen LogP contribution in [0.15, 0.2) is 0 Å². The van der Waals surface area contributed by atoms with E-state index in [4.69, 9.17) is 4.74 Å². The van der Waals surface area contributed by atoms with E-state index >= 15 is 0 Å². The van der Waals surface area contributed by atoms with E-state index in [0.717, 1.165) is 19.3 Å². The van der Waals surface area contributed by atoms with E-state index in [1.165, 1.54) is 0 Å². The van der Waals surface area contributed by atoms with Gasteiger partial charge >= 0.3 is 6.09 Å². The molecule has 0 aromatic carbocycles. The van der Waals surface area contributed by atoms with Gasteiger partial charge in [0.2, 0.25) is 0 Å². The first-order valence-electron chi connectivity index (χ1n) is 6.04. The van der Waals surface area contributed by atoms with Crippen LogP contribution >= 0.6 is 0 Å². The summed E-state index contributed by atoms with van der Waals surface area (Å²) in [6.07, 6.45) is 2.18. The van der Waals surface area contributed by atoms with Crippen molar-refractivity contribution in [2.75, 3.05) is 6.54 Å². The zero-order valence-corrected chi connectivity index (χ0v) is 10.3. The van der Waals surface area contributed by atoms with Gasteiger partial charge in [-0.2, -0.15) is 0 Å². The number of carbonyl (C=O) groups is 1. The first-order valence-corrected chi connectivity index (χ1v) is 6.04. The molecule has 0 aromatic rings. The fourth-order valence-electron chi connectivity index (χ4n) is 2.65. The quantitative estimate of drug-likeness (QED) is 0.686. The number of aliphatic hydroxyl groups is 1. The van der Waals surface area contributed by atoms with Gasteiger partial charge in [-0.25, -0.2) is 4.79 Å². The minimum absolute atomic E-state index is 0.228. The van der Waals surface area contributed by atoms with Crippen molar-refractivity contribution in [2.24, 2.45) is 5.92 Å². The molecule has 1 saturated heterocycles. The molecule has 92 valence electrons. The largest absolute Gasteiger partial charge is 0.444 e. The molecule has 16 heavy (non-hydrogen) atoms. The van der Waals surface area contributed by atoms with Gasteiger partial charge in [0.05, 0.1) is 6.10 Å². The molecule has 3 atom stereocenters. The van der Waals surface area contributed by atoms with Crippen LogP contribution in [0.1, 0.15) is 40.0 Å². The van der Waals surface area contributed by atoms with Gasteiger partial charge in [0.25, 0.3) is 0 Å². The van der Waals surface area contributed by atoms with Crippen LogP contribution in [0.25, 0.3) is 0 Å². The van der Waals surface area contributed by atoms with Crippen molar-refractivity contribution in [1.82, 2.24) is 4.90 Å². The van der Waals surface area contributed by atoms with Crippen molar-refractivity contribution in [2.45, 2.75) is 57.8 Å². The second kappa shape index (κ2) is 3.91. The highest BCUT2D eigenvalue weighted by molar-refractivity contribution is 5.69. The SMILES string of the molecule is CC(C)(C)OC(=O)N1CC2CC1CCC2O. The second-order valence-electron chi connectivity index (χ2n) is 5.93. The summed E-state index contributed by atoms with van der Waals surface area (Å²) in [6, 6.07) is 0.281. The number of hydrogen-bond donors (Lipinski definition) is 1. The van der Waals surface area contributed by atoms with E-state index in [0.29, 0.717) is 6.54 Å². The maximum Gasteiger partial charge on any atom is 0.410 e. The average molecular weight is 227 g/mol. The van der Waals surface area contributed by atoms with E-state index in [1.54, 1.807) is 4.90 Å². The molecular weight excluding hydrogens is 206 g/mol. The van der Waals surface area contributed by atoms with E-state index in [2.05, 4.69) is 0 Å². The zero-order chi connectivity index (χ0) is 11.9. The summed E-state index contributed by atoms with van der Waals surface area (Å²) in [7, 11) is 0. The number of carbonyl (C=O) groups excluding carboxylic acids is 1. The molecule has 1 saturated carbocycles. The lowest BCUT2D eigenvalue weighted by molar-refractivity contribution is 0.0223. The van der Waals surface area contributed by atoms with Crippen molar-refractivity contribution < 1.29 is 14.6 Å². The summed E-state index contributed by atoms with van der Waals surface area (Å²) in [5.74, 6) is 0.256. The predicted octanol–water partition coefficient (Wildman–Crippen LogP) is 1.77. The molecule has 2 bridgehead atoms. The summed E-state index contributed by atoms with van der Waals surface area (Å²) in [5.41, 5.74) is -0.438. The van der Waals surface area contributed by atoms with Crippen molar-refractivity contribution in [3.63, 3.8) is 0 Å². The number of nitrogens with zero attached hydrogens (tertiary/aromatic N) is 1. The summed E-state index contributed by atoms with van der Waals surface area (Å²) in [4.78, 5) is 13.7. The minimum Gasteiger partial charge on any atom is -0.444 e. The van der Waals surface area contributed by atoms with Gasteiger partial charge in [-0.1, -0.05) is 0 Å². The van der Waals surface area contributed by atoms with Crippen molar-refractivity contribution in [3.8, 4) is 0 Å². The van der Waals surface area contributed by atoms with Gasteiger partial charge in [-0.15, -0.1) is 0 Å². The maximum absolute atomic E-state index is 11.9.